The first-order valence-electron chi connectivity index (χ1n) is 6.65. The molecule has 0 bridgehead atoms. The van der Waals surface area contributed by atoms with Crippen LogP contribution in [0.15, 0.2) is 60.0 Å². The normalized spacial score (nSPS) is 12.5. The van der Waals surface area contributed by atoms with Crippen molar-refractivity contribution in [2.24, 2.45) is 0 Å². The Kier molecular flexibility index (Phi) is 3.51. The van der Waals surface area contributed by atoms with Gasteiger partial charge in [-0.25, -0.2) is 0 Å². The summed E-state index contributed by atoms with van der Waals surface area (Å²) in [5.74, 6) is 0. The van der Waals surface area contributed by atoms with E-state index >= 15 is 0 Å². The van der Waals surface area contributed by atoms with Crippen LogP contribution >= 0.6 is 11.3 Å². The van der Waals surface area contributed by atoms with Crippen LogP contribution in [-0.4, -0.2) is 0 Å². The highest BCUT2D eigenvalue weighted by Gasteiger charge is 2.09. The van der Waals surface area contributed by atoms with Gasteiger partial charge in [0, 0.05) is 10.6 Å². The van der Waals surface area contributed by atoms with Crippen LogP contribution in [0, 0.1) is 0 Å². The lowest BCUT2D eigenvalue weighted by atomic mass is 10.1. The molecular weight excluding hydrogens is 250 g/mol. The van der Waals surface area contributed by atoms with E-state index in [1.807, 2.05) is 11.3 Å². The molecule has 1 unspecified atom stereocenters. The van der Waals surface area contributed by atoms with E-state index < -0.39 is 0 Å². The highest BCUT2D eigenvalue weighted by Crippen LogP contribution is 2.27. The van der Waals surface area contributed by atoms with Crippen LogP contribution in [0.5, 0.6) is 0 Å². The lowest BCUT2D eigenvalue weighted by Gasteiger charge is -2.17. The molecule has 0 fully saturated rings. The molecule has 0 spiro atoms. The molecule has 3 rings (SSSR count). The maximum absolute atomic E-state index is 3.63. The Labute approximate surface area is 117 Å². The Morgan fingerprint density at radius 2 is 1.84 bits per heavy atom. The molecule has 2 heteroatoms. The molecule has 0 radical (unpaired) electrons. The molecule has 1 aromatic heterocycles. The third-order valence-corrected chi connectivity index (χ3v) is 4.37. The number of benzene rings is 2. The van der Waals surface area contributed by atoms with Crippen LogP contribution < -0.4 is 5.32 Å². The van der Waals surface area contributed by atoms with Crippen molar-refractivity contribution in [1.82, 2.24) is 0 Å². The molecular formula is C17H17NS. The highest BCUT2D eigenvalue weighted by molar-refractivity contribution is 7.10. The van der Waals surface area contributed by atoms with E-state index in [1.54, 1.807) is 0 Å². The Morgan fingerprint density at radius 1 is 1.00 bits per heavy atom. The fraction of sp³-hybridized carbons (Fsp3) is 0.176. The molecule has 0 saturated heterocycles. The van der Waals surface area contributed by atoms with E-state index in [1.165, 1.54) is 21.3 Å². The molecule has 0 saturated carbocycles. The SMILES string of the molecule is CCC(Nc1ccc2ccccc2c1)c1cccs1. The number of hydrogen-bond acceptors (Lipinski definition) is 2. The minimum atomic E-state index is 0.404. The molecule has 0 aliphatic heterocycles. The van der Waals surface area contributed by atoms with E-state index in [0.29, 0.717) is 6.04 Å². The molecule has 3 aromatic rings. The largest absolute Gasteiger partial charge is 0.377 e. The molecule has 0 amide bonds. The van der Waals surface area contributed by atoms with E-state index in [2.05, 4.69) is 72.2 Å². The van der Waals surface area contributed by atoms with E-state index in [-0.39, 0.29) is 0 Å². The summed E-state index contributed by atoms with van der Waals surface area (Å²) in [7, 11) is 0. The summed E-state index contributed by atoms with van der Waals surface area (Å²) in [5.41, 5.74) is 1.19. The van der Waals surface area contributed by atoms with Crippen molar-refractivity contribution < 1.29 is 0 Å². The first-order chi connectivity index (χ1) is 9.36. The van der Waals surface area contributed by atoms with Gasteiger partial charge in [-0.05, 0) is 40.8 Å². The zero-order valence-electron chi connectivity index (χ0n) is 11.0. The van der Waals surface area contributed by atoms with Crippen molar-refractivity contribution in [1.29, 1.82) is 0 Å². The average Bonchev–Trinajstić information content (AvgIpc) is 2.98. The molecule has 1 nitrogen and oxygen atoms in total. The minimum absolute atomic E-state index is 0.404. The number of nitrogens with one attached hydrogen (secondary N) is 1. The maximum atomic E-state index is 3.63. The van der Waals surface area contributed by atoms with Crippen molar-refractivity contribution in [3.8, 4) is 0 Å². The van der Waals surface area contributed by atoms with Gasteiger partial charge in [-0.15, -0.1) is 11.3 Å². The van der Waals surface area contributed by atoms with Gasteiger partial charge in [0.1, 0.15) is 0 Å². The first kappa shape index (κ1) is 12.2. The molecule has 1 N–H and O–H groups in total. The lowest BCUT2D eigenvalue weighted by molar-refractivity contribution is 0.764. The topological polar surface area (TPSA) is 12.0 Å². The minimum Gasteiger partial charge on any atom is -0.377 e. The Bertz CT molecular complexity index is 658. The Balaban J connectivity index is 1.88. The van der Waals surface area contributed by atoms with E-state index in [0.717, 1.165) is 6.42 Å². The van der Waals surface area contributed by atoms with Gasteiger partial charge in [-0.1, -0.05) is 43.3 Å². The van der Waals surface area contributed by atoms with Gasteiger partial charge in [0.05, 0.1) is 6.04 Å². The smallest absolute Gasteiger partial charge is 0.0604 e. The van der Waals surface area contributed by atoms with Gasteiger partial charge in [-0.3, -0.25) is 0 Å². The van der Waals surface area contributed by atoms with E-state index in [9.17, 15) is 0 Å². The van der Waals surface area contributed by atoms with Gasteiger partial charge < -0.3 is 5.32 Å². The molecule has 0 aliphatic carbocycles. The maximum Gasteiger partial charge on any atom is 0.0604 e. The number of thiophene rings is 1. The molecule has 2 aromatic carbocycles. The van der Waals surface area contributed by atoms with Crippen molar-refractivity contribution in [3.05, 3.63) is 64.9 Å². The second-order valence-corrected chi connectivity index (χ2v) is 5.66. The quantitative estimate of drug-likeness (QED) is 0.661. The fourth-order valence-electron chi connectivity index (χ4n) is 2.34. The molecule has 96 valence electrons. The summed E-state index contributed by atoms with van der Waals surface area (Å²) in [6.45, 7) is 2.22. The van der Waals surface area contributed by atoms with E-state index in [4.69, 9.17) is 0 Å². The second kappa shape index (κ2) is 5.45. The highest BCUT2D eigenvalue weighted by atomic mass is 32.1. The summed E-state index contributed by atoms with van der Waals surface area (Å²) in [6, 6.07) is 19.8. The summed E-state index contributed by atoms with van der Waals surface area (Å²) in [4.78, 5) is 1.40. The second-order valence-electron chi connectivity index (χ2n) is 4.68. The summed E-state index contributed by atoms with van der Waals surface area (Å²) >= 11 is 1.82. The Morgan fingerprint density at radius 3 is 2.58 bits per heavy atom. The van der Waals surface area contributed by atoms with Crippen LogP contribution in [0.3, 0.4) is 0 Å². The van der Waals surface area contributed by atoms with Gasteiger partial charge >= 0.3 is 0 Å². The third kappa shape index (κ3) is 2.64. The van der Waals surface area contributed by atoms with Crippen LogP contribution in [0.25, 0.3) is 10.8 Å². The average molecular weight is 267 g/mol. The summed E-state index contributed by atoms with van der Waals surface area (Å²) in [5, 5.41) is 8.35. The predicted molar refractivity (Wildman–Crippen MR) is 84.9 cm³/mol. The summed E-state index contributed by atoms with van der Waals surface area (Å²) < 4.78 is 0. The van der Waals surface area contributed by atoms with Gasteiger partial charge in [0.2, 0.25) is 0 Å². The third-order valence-electron chi connectivity index (χ3n) is 3.39. The van der Waals surface area contributed by atoms with Crippen LogP contribution in [-0.2, 0) is 0 Å². The van der Waals surface area contributed by atoms with Crippen molar-refractivity contribution in [2.45, 2.75) is 19.4 Å². The fourth-order valence-corrected chi connectivity index (χ4v) is 3.21. The van der Waals surface area contributed by atoms with Gasteiger partial charge in [0.15, 0.2) is 0 Å². The monoisotopic (exact) mass is 267 g/mol. The van der Waals surface area contributed by atoms with Crippen LogP contribution in [0.2, 0.25) is 0 Å². The molecule has 1 atom stereocenters. The lowest BCUT2D eigenvalue weighted by Crippen LogP contribution is -2.07. The molecule has 1 heterocycles. The first-order valence-corrected chi connectivity index (χ1v) is 7.53. The zero-order valence-corrected chi connectivity index (χ0v) is 11.8. The predicted octanol–water partition coefficient (Wildman–Crippen LogP) is 5.46. The van der Waals surface area contributed by atoms with Gasteiger partial charge in [-0.2, -0.15) is 0 Å². The van der Waals surface area contributed by atoms with Gasteiger partial charge in [0.25, 0.3) is 0 Å². The number of hydrogen-bond donors (Lipinski definition) is 1. The molecule has 0 aliphatic rings. The van der Waals surface area contributed by atoms with Crippen LogP contribution in [0.1, 0.15) is 24.3 Å². The van der Waals surface area contributed by atoms with Crippen molar-refractivity contribution in [2.75, 3.05) is 5.32 Å². The number of anilines is 1. The number of rotatable bonds is 4. The number of fused-ring (bicyclic) bond motifs is 1. The van der Waals surface area contributed by atoms with Crippen LogP contribution in [0.4, 0.5) is 5.69 Å². The van der Waals surface area contributed by atoms with Crippen molar-refractivity contribution >= 4 is 27.8 Å². The Hall–Kier alpha value is -1.80. The molecule has 19 heavy (non-hydrogen) atoms. The summed E-state index contributed by atoms with van der Waals surface area (Å²) in [6.07, 6.45) is 1.09. The standard InChI is InChI=1S/C17H17NS/c1-2-16(17-8-5-11-19-17)18-15-10-9-13-6-3-4-7-14(13)12-15/h3-12,16,18H,2H2,1H3. The van der Waals surface area contributed by atoms with Crippen molar-refractivity contribution in [3.63, 3.8) is 0 Å². The zero-order chi connectivity index (χ0) is 13.1.